The van der Waals surface area contributed by atoms with Gasteiger partial charge in [-0.25, -0.2) is 0 Å². The molecule has 0 radical (unpaired) electrons. The van der Waals surface area contributed by atoms with E-state index in [1.165, 1.54) is 63.0 Å². The maximum atomic E-state index is 5.79. The Kier molecular flexibility index (Phi) is 5.87. The topological polar surface area (TPSA) is 102 Å². The fourth-order valence-corrected chi connectivity index (χ4v) is 4.23. The number of hydrogen-bond acceptors (Lipinski definition) is 7. The van der Waals surface area contributed by atoms with Crippen molar-refractivity contribution in [2.24, 2.45) is 0 Å². The van der Waals surface area contributed by atoms with Gasteiger partial charge in [0.15, 0.2) is 0 Å². The van der Waals surface area contributed by atoms with Gasteiger partial charge in [0.25, 0.3) is 0 Å². The van der Waals surface area contributed by atoms with Crippen LogP contribution < -0.4 is 11.5 Å². The molecule has 4 heterocycles. The lowest BCUT2D eigenvalue weighted by molar-refractivity contribution is 0.0975. The second kappa shape index (κ2) is 8.70. The molecule has 2 aromatic heterocycles. The smallest absolute Gasteiger partial charge is 0.241 e. The summed E-state index contributed by atoms with van der Waals surface area (Å²) >= 11 is 0. The number of pyridine rings is 1. The molecule has 0 amide bonds. The van der Waals surface area contributed by atoms with Crippen LogP contribution in [0.25, 0.3) is 11.8 Å². The fraction of sp³-hybridized carbons (Fsp3) is 0.550. The van der Waals surface area contributed by atoms with E-state index < -0.39 is 0 Å². The monoisotopic (exact) mass is 382 g/mol. The van der Waals surface area contributed by atoms with E-state index in [4.69, 9.17) is 11.5 Å². The number of likely N-dealkylation sites (tertiary alicyclic amines) is 2. The van der Waals surface area contributed by atoms with Gasteiger partial charge in [-0.15, -0.1) is 5.10 Å². The largest absolute Gasteiger partial charge is 0.368 e. The van der Waals surface area contributed by atoms with Crippen molar-refractivity contribution >= 4 is 18.0 Å². The van der Waals surface area contributed by atoms with Gasteiger partial charge in [-0.1, -0.05) is 12.5 Å². The Morgan fingerprint density at radius 3 is 2.46 bits per heavy atom. The summed E-state index contributed by atoms with van der Waals surface area (Å²) in [5, 5.41) is 4.06. The number of piperidine rings is 2. The summed E-state index contributed by atoms with van der Waals surface area (Å²) in [6, 6.07) is 4.67. The first-order chi connectivity index (χ1) is 13.7. The molecule has 28 heavy (non-hydrogen) atoms. The molecule has 0 aromatic carbocycles. The van der Waals surface area contributed by atoms with E-state index in [0.29, 0.717) is 0 Å². The van der Waals surface area contributed by atoms with Gasteiger partial charge in [-0.05, 0) is 70.1 Å². The number of hydrogen-bond donors (Lipinski definition) is 2. The van der Waals surface area contributed by atoms with Crippen molar-refractivity contribution in [2.75, 3.05) is 44.2 Å². The van der Waals surface area contributed by atoms with Crippen molar-refractivity contribution in [3.63, 3.8) is 0 Å². The molecule has 2 saturated heterocycles. The van der Waals surface area contributed by atoms with Gasteiger partial charge in [-0.3, -0.25) is 9.88 Å². The van der Waals surface area contributed by atoms with Gasteiger partial charge in [0.1, 0.15) is 0 Å². The number of nitrogen functional groups attached to an aromatic ring is 2. The van der Waals surface area contributed by atoms with E-state index in [1.54, 1.807) is 6.20 Å². The van der Waals surface area contributed by atoms with Crippen molar-refractivity contribution in [1.29, 1.82) is 0 Å². The summed E-state index contributed by atoms with van der Waals surface area (Å²) in [7, 11) is 0. The number of nitrogens with two attached hydrogens (primary N) is 2. The summed E-state index contributed by atoms with van der Waals surface area (Å²) in [5.74, 6) is 0.418. The van der Waals surface area contributed by atoms with E-state index in [1.807, 2.05) is 12.1 Å². The summed E-state index contributed by atoms with van der Waals surface area (Å²) in [6.45, 7) is 5.95. The molecule has 4 N–H and O–H groups in total. The zero-order valence-corrected chi connectivity index (χ0v) is 16.4. The Hall–Kier alpha value is -2.45. The van der Waals surface area contributed by atoms with Gasteiger partial charge in [-0.2, -0.15) is 9.67 Å². The Labute approximate surface area is 166 Å². The van der Waals surface area contributed by atoms with Crippen molar-refractivity contribution < 1.29 is 0 Å². The molecule has 2 aliphatic rings. The average molecular weight is 383 g/mol. The predicted molar refractivity (Wildman–Crippen MR) is 112 cm³/mol. The lowest BCUT2D eigenvalue weighted by Crippen LogP contribution is -2.46. The number of anilines is 2. The highest BCUT2D eigenvalue weighted by Crippen LogP contribution is 2.20. The molecule has 8 nitrogen and oxygen atoms in total. The van der Waals surface area contributed by atoms with Gasteiger partial charge in [0, 0.05) is 12.6 Å². The van der Waals surface area contributed by atoms with Crippen molar-refractivity contribution in [2.45, 2.75) is 38.1 Å². The van der Waals surface area contributed by atoms with E-state index in [0.717, 1.165) is 24.0 Å². The SMILES string of the molecule is Nc1nc(N)n(-c2ccc(C=CCN3CCC(N4CCCCC4)CC3)nc2)n1. The quantitative estimate of drug-likeness (QED) is 0.813. The first-order valence-corrected chi connectivity index (χ1v) is 10.3. The van der Waals surface area contributed by atoms with Gasteiger partial charge >= 0.3 is 0 Å². The molecule has 2 fully saturated rings. The molecule has 0 unspecified atom stereocenters. The standard InChI is InChI=1S/C20H30N8/c21-19-24-20(22)28(25-19)18-7-6-16(23-15-18)5-4-10-26-13-8-17(9-14-26)27-11-2-1-3-12-27/h4-7,15,17H,1-3,8-14H2,(H4,21,22,24,25). The summed E-state index contributed by atoms with van der Waals surface area (Å²) < 4.78 is 1.49. The molecule has 0 atom stereocenters. The average Bonchev–Trinajstić information content (AvgIpc) is 3.08. The summed E-state index contributed by atoms with van der Waals surface area (Å²) in [6.07, 6.45) is 12.8. The molecular formula is C20H30N8. The van der Waals surface area contributed by atoms with E-state index in [9.17, 15) is 0 Å². The fourth-order valence-electron chi connectivity index (χ4n) is 4.23. The van der Waals surface area contributed by atoms with Gasteiger partial charge in [0.2, 0.25) is 11.9 Å². The molecule has 2 aromatic rings. The lowest BCUT2D eigenvalue weighted by atomic mass is 10.00. The second-order valence-electron chi connectivity index (χ2n) is 7.71. The Morgan fingerprint density at radius 1 is 1.04 bits per heavy atom. The third-order valence-electron chi connectivity index (χ3n) is 5.78. The molecule has 8 heteroatoms. The van der Waals surface area contributed by atoms with Crippen LogP contribution >= 0.6 is 0 Å². The second-order valence-corrected chi connectivity index (χ2v) is 7.71. The van der Waals surface area contributed by atoms with Crippen LogP contribution in [0.4, 0.5) is 11.9 Å². The van der Waals surface area contributed by atoms with Crippen LogP contribution in [0, 0.1) is 0 Å². The molecule has 0 bridgehead atoms. The summed E-state index contributed by atoms with van der Waals surface area (Å²) in [5.41, 5.74) is 13.0. The highest BCUT2D eigenvalue weighted by atomic mass is 15.4. The van der Waals surface area contributed by atoms with Crippen LogP contribution in [0.2, 0.25) is 0 Å². The van der Waals surface area contributed by atoms with Gasteiger partial charge in [0.05, 0.1) is 17.6 Å². The minimum atomic E-state index is 0.158. The highest BCUT2D eigenvalue weighted by molar-refractivity contribution is 5.48. The third kappa shape index (κ3) is 4.51. The molecule has 0 spiro atoms. The number of nitrogens with zero attached hydrogens (tertiary/aromatic N) is 6. The van der Waals surface area contributed by atoms with Crippen molar-refractivity contribution in [3.05, 3.63) is 30.1 Å². The van der Waals surface area contributed by atoms with Crippen LogP contribution in [0.3, 0.4) is 0 Å². The van der Waals surface area contributed by atoms with Crippen LogP contribution in [0.5, 0.6) is 0 Å². The lowest BCUT2D eigenvalue weighted by Gasteiger charge is -2.40. The molecule has 0 saturated carbocycles. The number of aromatic nitrogens is 4. The normalized spacial score (nSPS) is 20.1. The maximum absolute atomic E-state index is 5.79. The van der Waals surface area contributed by atoms with Crippen molar-refractivity contribution in [1.82, 2.24) is 29.5 Å². The van der Waals surface area contributed by atoms with E-state index in [-0.39, 0.29) is 11.9 Å². The van der Waals surface area contributed by atoms with Crippen LogP contribution in [-0.2, 0) is 0 Å². The van der Waals surface area contributed by atoms with Crippen LogP contribution in [0.1, 0.15) is 37.8 Å². The predicted octanol–water partition coefficient (Wildman–Crippen LogP) is 1.79. The van der Waals surface area contributed by atoms with Crippen LogP contribution in [0.15, 0.2) is 24.4 Å². The van der Waals surface area contributed by atoms with E-state index >= 15 is 0 Å². The Balaban J connectivity index is 1.25. The summed E-state index contributed by atoms with van der Waals surface area (Å²) in [4.78, 5) is 13.6. The Bertz CT molecular complexity index is 783. The maximum Gasteiger partial charge on any atom is 0.241 e. The molecule has 0 aliphatic carbocycles. The minimum Gasteiger partial charge on any atom is -0.368 e. The first-order valence-electron chi connectivity index (χ1n) is 10.3. The zero-order valence-electron chi connectivity index (χ0n) is 16.4. The molecule has 150 valence electrons. The zero-order chi connectivity index (χ0) is 19.3. The van der Waals surface area contributed by atoms with Crippen LogP contribution in [-0.4, -0.2) is 68.3 Å². The highest BCUT2D eigenvalue weighted by Gasteiger charge is 2.24. The van der Waals surface area contributed by atoms with Crippen molar-refractivity contribution in [3.8, 4) is 5.69 Å². The van der Waals surface area contributed by atoms with Gasteiger partial charge < -0.3 is 16.4 Å². The molecular weight excluding hydrogens is 352 g/mol. The Morgan fingerprint density at radius 2 is 1.82 bits per heavy atom. The van der Waals surface area contributed by atoms with E-state index in [2.05, 4.69) is 37.0 Å². The minimum absolute atomic E-state index is 0.158. The first kappa shape index (κ1) is 18.9. The molecule has 2 aliphatic heterocycles. The third-order valence-corrected chi connectivity index (χ3v) is 5.78. The molecule has 4 rings (SSSR count). The number of rotatable bonds is 5.